The molecule has 0 bridgehead atoms. The number of hydrogen-bond acceptors (Lipinski definition) is 6. The third-order valence-corrected chi connectivity index (χ3v) is 13.3. The van der Waals surface area contributed by atoms with E-state index in [1.807, 2.05) is 0 Å². The highest BCUT2D eigenvalue weighted by atomic mass is 16.6. The molecule has 0 aliphatic rings. The second-order valence-electron chi connectivity index (χ2n) is 20.9. The van der Waals surface area contributed by atoms with Crippen LogP contribution in [0.1, 0.15) is 278 Å². The highest BCUT2D eigenvalue weighted by Gasteiger charge is 2.19. The number of ether oxygens (including phenoxy) is 3. The standard InChI is InChI=1S/C73H118O6/c1-4-7-10-13-16-19-22-25-27-29-30-31-32-33-34-35-36-37-38-39-40-41-42-44-45-48-51-54-57-60-63-66-72(75)78-69-70(68-77-71(74)65-62-59-56-53-50-47-24-21-18-15-12-9-6-3)79-73(76)67-64-61-58-55-52-49-46-43-28-26-23-20-17-14-11-8-5-2/h7,9-10,12,16,18-19,21,25,27,30-31,33-34,36-37,39-40,42,44,47-48,50-51,70H,4-6,8,11,13-15,17,20,22-24,26,28-29,32,35,38,41,43,45-46,49,52-69H2,1-3H3/b10-7-,12-9-,19-16-,21-18-,27-25-,31-30-,34-33-,37-36-,40-39-,44-42-,50-47-,51-48-. The molecule has 79 heavy (non-hydrogen) atoms. The molecular weight excluding hydrogens is 973 g/mol. The highest BCUT2D eigenvalue weighted by Crippen LogP contribution is 2.16. The molecule has 0 rings (SSSR count). The first-order valence-corrected chi connectivity index (χ1v) is 32.3. The maximum absolute atomic E-state index is 12.9. The predicted octanol–water partition coefficient (Wildman–Crippen LogP) is 22.3. The minimum Gasteiger partial charge on any atom is -0.462 e. The Morgan fingerprint density at radius 2 is 0.494 bits per heavy atom. The largest absolute Gasteiger partial charge is 0.462 e. The van der Waals surface area contributed by atoms with Crippen LogP contribution in [-0.2, 0) is 28.6 Å². The number of carbonyl (C=O) groups is 3. The second-order valence-corrected chi connectivity index (χ2v) is 20.9. The molecule has 0 aromatic carbocycles. The molecule has 0 saturated carbocycles. The van der Waals surface area contributed by atoms with Crippen molar-refractivity contribution in [2.75, 3.05) is 13.2 Å². The molecule has 0 heterocycles. The van der Waals surface area contributed by atoms with Gasteiger partial charge in [-0.05, 0) is 122 Å². The summed E-state index contributed by atoms with van der Waals surface area (Å²) >= 11 is 0. The fourth-order valence-electron chi connectivity index (χ4n) is 8.57. The molecule has 0 radical (unpaired) electrons. The van der Waals surface area contributed by atoms with Crippen molar-refractivity contribution >= 4 is 17.9 Å². The summed E-state index contributed by atoms with van der Waals surface area (Å²) in [5.74, 6) is -0.964. The third kappa shape index (κ3) is 64.0. The fraction of sp³-hybridized carbons (Fsp3) is 0.630. The average Bonchev–Trinajstić information content (AvgIpc) is 3.45. The lowest BCUT2D eigenvalue weighted by Crippen LogP contribution is -2.30. The molecule has 1 atom stereocenters. The normalized spacial score (nSPS) is 13.1. The van der Waals surface area contributed by atoms with E-state index in [0.717, 1.165) is 148 Å². The smallest absolute Gasteiger partial charge is 0.306 e. The summed E-state index contributed by atoms with van der Waals surface area (Å²) in [5.41, 5.74) is 0. The highest BCUT2D eigenvalue weighted by molar-refractivity contribution is 5.71. The van der Waals surface area contributed by atoms with Crippen LogP contribution in [0.5, 0.6) is 0 Å². The molecular formula is C73H118O6. The summed E-state index contributed by atoms with van der Waals surface area (Å²) < 4.78 is 16.9. The van der Waals surface area contributed by atoms with E-state index in [-0.39, 0.29) is 31.1 Å². The van der Waals surface area contributed by atoms with Crippen molar-refractivity contribution in [2.45, 2.75) is 284 Å². The van der Waals surface area contributed by atoms with Gasteiger partial charge < -0.3 is 14.2 Å². The first-order valence-electron chi connectivity index (χ1n) is 32.3. The summed E-state index contributed by atoms with van der Waals surface area (Å²) in [4.78, 5) is 38.3. The van der Waals surface area contributed by atoms with Crippen LogP contribution in [0.2, 0.25) is 0 Å². The van der Waals surface area contributed by atoms with E-state index in [2.05, 4.69) is 167 Å². The van der Waals surface area contributed by atoms with E-state index in [1.54, 1.807) is 0 Å². The Morgan fingerprint density at radius 3 is 0.772 bits per heavy atom. The molecule has 0 aromatic rings. The van der Waals surface area contributed by atoms with E-state index in [4.69, 9.17) is 14.2 Å². The molecule has 1 unspecified atom stereocenters. The Hall–Kier alpha value is -4.71. The quantitative estimate of drug-likeness (QED) is 0.0261. The first kappa shape index (κ1) is 74.3. The van der Waals surface area contributed by atoms with Gasteiger partial charge in [0.05, 0.1) is 0 Å². The number of carbonyl (C=O) groups excluding carboxylic acids is 3. The Kier molecular flexibility index (Phi) is 61.9. The molecule has 0 spiro atoms. The molecule has 0 aliphatic heterocycles. The molecule has 446 valence electrons. The Bertz CT molecular complexity index is 1730. The van der Waals surface area contributed by atoms with Crippen molar-refractivity contribution in [3.05, 3.63) is 146 Å². The molecule has 0 fully saturated rings. The van der Waals surface area contributed by atoms with Crippen LogP contribution in [0.3, 0.4) is 0 Å². The van der Waals surface area contributed by atoms with Crippen LogP contribution in [0.25, 0.3) is 0 Å². The van der Waals surface area contributed by atoms with Gasteiger partial charge >= 0.3 is 17.9 Å². The van der Waals surface area contributed by atoms with Crippen LogP contribution in [0.4, 0.5) is 0 Å². The zero-order valence-electron chi connectivity index (χ0n) is 51.1. The zero-order chi connectivity index (χ0) is 57.1. The Morgan fingerprint density at radius 1 is 0.266 bits per heavy atom. The van der Waals surface area contributed by atoms with Crippen molar-refractivity contribution in [1.82, 2.24) is 0 Å². The lowest BCUT2D eigenvalue weighted by atomic mass is 10.0. The number of hydrogen-bond donors (Lipinski definition) is 0. The van der Waals surface area contributed by atoms with Gasteiger partial charge in [0.25, 0.3) is 0 Å². The molecule has 0 aliphatic carbocycles. The summed E-state index contributed by atoms with van der Waals surface area (Å²) in [6, 6.07) is 0. The summed E-state index contributed by atoms with van der Waals surface area (Å²) in [5, 5.41) is 0. The molecule has 6 nitrogen and oxygen atoms in total. The van der Waals surface area contributed by atoms with Gasteiger partial charge in [-0.3, -0.25) is 14.4 Å². The lowest BCUT2D eigenvalue weighted by Gasteiger charge is -2.18. The minimum absolute atomic E-state index is 0.106. The van der Waals surface area contributed by atoms with E-state index in [1.165, 1.54) is 89.9 Å². The summed E-state index contributed by atoms with van der Waals surface area (Å²) in [6.07, 6.45) is 94.3. The second kappa shape index (κ2) is 65.8. The fourth-order valence-corrected chi connectivity index (χ4v) is 8.57. The summed E-state index contributed by atoms with van der Waals surface area (Å²) in [6.45, 7) is 6.37. The maximum Gasteiger partial charge on any atom is 0.306 e. The zero-order valence-corrected chi connectivity index (χ0v) is 51.1. The van der Waals surface area contributed by atoms with Gasteiger partial charge in [-0.15, -0.1) is 0 Å². The van der Waals surface area contributed by atoms with Crippen molar-refractivity contribution in [3.8, 4) is 0 Å². The number of rotatable bonds is 57. The minimum atomic E-state index is -0.809. The van der Waals surface area contributed by atoms with Crippen molar-refractivity contribution < 1.29 is 28.6 Å². The third-order valence-electron chi connectivity index (χ3n) is 13.3. The maximum atomic E-state index is 12.9. The van der Waals surface area contributed by atoms with Crippen molar-refractivity contribution in [1.29, 1.82) is 0 Å². The van der Waals surface area contributed by atoms with Crippen molar-refractivity contribution in [3.63, 3.8) is 0 Å². The monoisotopic (exact) mass is 1090 g/mol. The van der Waals surface area contributed by atoms with Gasteiger partial charge in [-0.25, -0.2) is 0 Å². The Labute approximate surface area is 487 Å². The number of esters is 3. The van der Waals surface area contributed by atoms with Crippen LogP contribution >= 0.6 is 0 Å². The van der Waals surface area contributed by atoms with Gasteiger partial charge in [0, 0.05) is 19.3 Å². The Balaban J connectivity index is 4.40. The van der Waals surface area contributed by atoms with E-state index >= 15 is 0 Å². The van der Waals surface area contributed by atoms with E-state index in [0.29, 0.717) is 19.3 Å². The first-order chi connectivity index (χ1) is 39.0. The average molecular weight is 1090 g/mol. The van der Waals surface area contributed by atoms with Crippen molar-refractivity contribution in [2.24, 2.45) is 0 Å². The molecule has 0 N–H and O–H groups in total. The van der Waals surface area contributed by atoms with E-state index < -0.39 is 6.10 Å². The van der Waals surface area contributed by atoms with E-state index in [9.17, 15) is 14.4 Å². The molecule has 6 heteroatoms. The molecule has 0 amide bonds. The predicted molar refractivity (Wildman–Crippen MR) is 343 cm³/mol. The van der Waals surface area contributed by atoms with Gasteiger partial charge in [-0.2, -0.15) is 0 Å². The lowest BCUT2D eigenvalue weighted by molar-refractivity contribution is -0.167. The molecule has 0 aromatic heterocycles. The van der Waals surface area contributed by atoms with Gasteiger partial charge in [0.2, 0.25) is 0 Å². The van der Waals surface area contributed by atoms with Gasteiger partial charge in [0.1, 0.15) is 13.2 Å². The summed E-state index contributed by atoms with van der Waals surface area (Å²) in [7, 11) is 0. The van der Waals surface area contributed by atoms with Gasteiger partial charge in [0.15, 0.2) is 6.10 Å². The molecule has 0 saturated heterocycles. The SMILES string of the molecule is CC/C=C\C/C=C\C/C=C\C/C=C\C/C=C\C/C=C\C/C=C\C/C=C\C/C=C\CCCCCC(=O)OCC(COC(=O)CCCCC/C=C\C/C=C\C/C=C\CC)OC(=O)CCCCCCCCCCCCCCCCCCC. The number of unbranched alkanes of at least 4 members (excludes halogenated alkanes) is 22. The van der Waals surface area contributed by atoms with Crippen LogP contribution in [0.15, 0.2) is 146 Å². The van der Waals surface area contributed by atoms with Crippen LogP contribution in [0, 0.1) is 0 Å². The van der Waals surface area contributed by atoms with Crippen LogP contribution < -0.4 is 0 Å². The van der Waals surface area contributed by atoms with Crippen LogP contribution in [-0.4, -0.2) is 37.2 Å². The topological polar surface area (TPSA) is 78.9 Å². The number of allylic oxidation sites excluding steroid dienone is 24. The van der Waals surface area contributed by atoms with Gasteiger partial charge in [-0.1, -0.05) is 282 Å².